The predicted molar refractivity (Wildman–Crippen MR) is 117 cm³/mol. The van der Waals surface area contributed by atoms with Gasteiger partial charge in [0.15, 0.2) is 0 Å². The number of benzene rings is 2. The molecule has 0 fully saturated rings. The number of hydrogen-bond donors (Lipinski definition) is 0. The Morgan fingerprint density at radius 2 is 1.41 bits per heavy atom. The standard InChI is InChI=1S/C25H23N3O/c1-19(28(21-11-7-15-26-17-21)22-12-8-16-27-18-22)25-23(13-6-14-24(25)29-2)20-9-4-3-5-10-20/h3-19H,1-2H3. The number of pyridine rings is 2. The first-order chi connectivity index (χ1) is 14.3. The third kappa shape index (κ3) is 3.83. The minimum absolute atomic E-state index is 0.0187. The quantitative estimate of drug-likeness (QED) is 0.407. The lowest BCUT2D eigenvalue weighted by molar-refractivity contribution is 0.407. The van der Waals surface area contributed by atoms with Gasteiger partial charge in [-0.15, -0.1) is 0 Å². The van der Waals surface area contributed by atoms with Gasteiger partial charge < -0.3 is 9.64 Å². The summed E-state index contributed by atoms with van der Waals surface area (Å²) in [5.41, 5.74) is 5.42. The Kier molecular flexibility index (Phi) is 5.52. The van der Waals surface area contributed by atoms with Gasteiger partial charge in [0.05, 0.1) is 36.9 Å². The Labute approximate surface area is 171 Å². The largest absolute Gasteiger partial charge is 0.496 e. The van der Waals surface area contributed by atoms with E-state index in [9.17, 15) is 0 Å². The monoisotopic (exact) mass is 381 g/mol. The molecule has 0 spiro atoms. The molecule has 0 aliphatic carbocycles. The molecule has 1 unspecified atom stereocenters. The average molecular weight is 381 g/mol. The van der Waals surface area contributed by atoms with Crippen LogP contribution < -0.4 is 9.64 Å². The number of ether oxygens (including phenoxy) is 1. The first-order valence-electron chi connectivity index (χ1n) is 9.61. The zero-order valence-corrected chi connectivity index (χ0v) is 16.6. The molecule has 1 atom stereocenters. The summed E-state index contributed by atoms with van der Waals surface area (Å²) in [6.45, 7) is 2.18. The second-order valence-electron chi connectivity index (χ2n) is 6.76. The van der Waals surface area contributed by atoms with Crippen LogP contribution >= 0.6 is 0 Å². The molecule has 0 aliphatic rings. The minimum atomic E-state index is -0.0187. The van der Waals surface area contributed by atoms with Crippen molar-refractivity contribution in [1.29, 1.82) is 0 Å². The SMILES string of the molecule is COc1cccc(-c2ccccc2)c1C(C)N(c1cccnc1)c1cccnc1. The highest BCUT2D eigenvalue weighted by atomic mass is 16.5. The molecule has 2 aromatic carbocycles. The molecule has 0 radical (unpaired) electrons. The van der Waals surface area contributed by atoms with Crippen LogP contribution in [0.15, 0.2) is 97.6 Å². The van der Waals surface area contributed by atoms with Crippen molar-refractivity contribution in [2.45, 2.75) is 13.0 Å². The zero-order chi connectivity index (χ0) is 20.1. The average Bonchev–Trinajstić information content (AvgIpc) is 2.80. The molecule has 29 heavy (non-hydrogen) atoms. The Bertz CT molecular complexity index is 1010. The highest BCUT2D eigenvalue weighted by Gasteiger charge is 2.25. The third-order valence-corrected chi connectivity index (χ3v) is 5.02. The second-order valence-corrected chi connectivity index (χ2v) is 6.76. The molecule has 0 aliphatic heterocycles. The Morgan fingerprint density at radius 1 is 0.759 bits per heavy atom. The Morgan fingerprint density at radius 3 is 1.97 bits per heavy atom. The van der Waals surface area contributed by atoms with E-state index in [0.717, 1.165) is 33.8 Å². The summed E-state index contributed by atoms with van der Waals surface area (Å²) >= 11 is 0. The molecule has 0 saturated carbocycles. The van der Waals surface area contributed by atoms with E-state index in [1.807, 2.05) is 42.7 Å². The lowest BCUT2D eigenvalue weighted by Gasteiger charge is -2.33. The van der Waals surface area contributed by atoms with E-state index < -0.39 is 0 Å². The van der Waals surface area contributed by atoms with Crippen molar-refractivity contribution in [1.82, 2.24) is 9.97 Å². The fourth-order valence-electron chi connectivity index (χ4n) is 3.74. The summed E-state index contributed by atoms with van der Waals surface area (Å²) in [5, 5.41) is 0. The van der Waals surface area contributed by atoms with Crippen LogP contribution in [0, 0.1) is 0 Å². The maximum Gasteiger partial charge on any atom is 0.124 e. The number of anilines is 2. The molecule has 4 heteroatoms. The van der Waals surface area contributed by atoms with Crippen molar-refractivity contribution >= 4 is 11.4 Å². The summed E-state index contributed by atoms with van der Waals surface area (Å²) in [5.74, 6) is 0.858. The lowest BCUT2D eigenvalue weighted by atomic mass is 9.93. The van der Waals surface area contributed by atoms with E-state index in [4.69, 9.17) is 4.74 Å². The molecule has 4 nitrogen and oxygen atoms in total. The predicted octanol–water partition coefficient (Wildman–Crippen LogP) is 6.05. The van der Waals surface area contributed by atoms with Crippen LogP contribution in [0.2, 0.25) is 0 Å². The molecule has 0 amide bonds. The number of hydrogen-bond acceptors (Lipinski definition) is 4. The van der Waals surface area contributed by atoms with Gasteiger partial charge in [-0.05, 0) is 48.4 Å². The molecular weight excluding hydrogens is 358 g/mol. The summed E-state index contributed by atoms with van der Waals surface area (Å²) in [6, 6.07) is 24.6. The topological polar surface area (TPSA) is 38.2 Å². The molecular formula is C25H23N3O. The second kappa shape index (κ2) is 8.57. The van der Waals surface area contributed by atoms with Crippen molar-refractivity contribution in [3.8, 4) is 16.9 Å². The fourth-order valence-corrected chi connectivity index (χ4v) is 3.74. The van der Waals surface area contributed by atoms with Gasteiger partial charge in [-0.2, -0.15) is 0 Å². The highest BCUT2D eigenvalue weighted by molar-refractivity contribution is 5.74. The third-order valence-electron chi connectivity index (χ3n) is 5.02. The van der Waals surface area contributed by atoms with Crippen LogP contribution in [0.25, 0.3) is 11.1 Å². The van der Waals surface area contributed by atoms with E-state index in [2.05, 4.69) is 64.3 Å². The van der Waals surface area contributed by atoms with Gasteiger partial charge in [-0.3, -0.25) is 9.97 Å². The smallest absolute Gasteiger partial charge is 0.124 e. The van der Waals surface area contributed by atoms with Crippen LogP contribution in [-0.4, -0.2) is 17.1 Å². The van der Waals surface area contributed by atoms with Crippen molar-refractivity contribution in [2.24, 2.45) is 0 Å². The van der Waals surface area contributed by atoms with E-state index in [1.165, 1.54) is 0 Å². The van der Waals surface area contributed by atoms with Gasteiger partial charge >= 0.3 is 0 Å². The van der Waals surface area contributed by atoms with Crippen molar-refractivity contribution in [3.05, 3.63) is 103 Å². The maximum absolute atomic E-state index is 5.79. The van der Waals surface area contributed by atoms with Crippen LogP contribution in [0.1, 0.15) is 18.5 Å². The summed E-state index contributed by atoms with van der Waals surface area (Å²) in [7, 11) is 1.72. The van der Waals surface area contributed by atoms with E-state index >= 15 is 0 Å². The minimum Gasteiger partial charge on any atom is -0.496 e. The first kappa shape index (κ1) is 18.7. The first-order valence-corrected chi connectivity index (χ1v) is 9.61. The van der Waals surface area contributed by atoms with Crippen LogP contribution in [0.5, 0.6) is 5.75 Å². The van der Waals surface area contributed by atoms with Gasteiger partial charge in [-0.1, -0.05) is 42.5 Å². The molecule has 0 N–H and O–H groups in total. The van der Waals surface area contributed by atoms with Gasteiger partial charge in [0.1, 0.15) is 5.75 Å². The summed E-state index contributed by atoms with van der Waals surface area (Å²) in [6.07, 6.45) is 7.32. The summed E-state index contributed by atoms with van der Waals surface area (Å²) in [4.78, 5) is 10.9. The van der Waals surface area contributed by atoms with Crippen molar-refractivity contribution in [3.63, 3.8) is 0 Å². The molecule has 2 heterocycles. The lowest BCUT2D eigenvalue weighted by Crippen LogP contribution is -2.23. The normalized spacial score (nSPS) is 11.7. The molecule has 4 aromatic rings. The Hall–Kier alpha value is -3.66. The van der Waals surface area contributed by atoms with Gasteiger partial charge in [0.25, 0.3) is 0 Å². The van der Waals surface area contributed by atoms with E-state index in [-0.39, 0.29) is 6.04 Å². The number of nitrogens with zero attached hydrogens (tertiary/aromatic N) is 3. The van der Waals surface area contributed by atoms with Crippen LogP contribution in [0.4, 0.5) is 11.4 Å². The molecule has 2 aromatic heterocycles. The number of aromatic nitrogens is 2. The van der Waals surface area contributed by atoms with E-state index in [0.29, 0.717) is 0 Å². The maximum atomic E-state index is 5.79. The van der Waals surface area contributed by atoms with Gasteiger partial charge in [0, 0.05) is 18.0 Å². The molecule has 144 valence electrons. The molecule has 4 rings (SSSR count). The van der Waals surface area contributed by atoms with Crippen molar-refractivity contribution < 1.29 is 4.74 Å². The Balaban J connectivity index is 1.90. The molecule has 0 bridgehead atoms. The van der Waals surface area contributed by atoms with Gasteiger partial charge in [-0.25, -0.2) is 0 Å². The van der Waals surface area contributed by atoms with Crippen LogP contribution in [0.3, 0.4) is 0 Å². The number of methoxy groups -OCH3 is 1. The number of rotatable bonds is 6. The highest BCUT2D eigenvalue weighted by Crippen LogP contribution is 2.42. The zero-order valence-electron chi connectivity index (χ0n) is 16.6. The fraction of sp³-hybridized carbons (Fsp3) is 0.120. The van der Waals surface area contributed by atoms with Crippen LogP contribution in [-0.2, 0) is 0 Å². The van der Waals surface area contributed by atoms with E-state index in [1.54, 1.807) is 19.5 Å². The van der Waals surface area contributed by atoms with Crippen molar-refractivity contribution in [2.75, 3.05) is 12.0 Å². The van der Waals surface area contributed by atoms with Gasteiger partial charge in [0.2, 0.25) is 0 Å². The molecule has 0 saturated heterocycles. The summed E-state index contributed by atoms with van der Waals surface area (Å²) < 4.78 is 5.79.